The topological polar surface area (TPSA) is 80.0 Å². The molecule has 0 fully saturated rings. The predicted octanol–water partition coefficient (Wildman–Crippen LogP) is 2.65. The van der Waals surface area contributed by atoms with E-state index < -0.39 is 11.9 Å². The molecule has 0 saturated heterocycles. The number of amides is 1. The van der Waals surface area contributed by atoms with Gasteiger partial charge >= 0.3 is 0 Å². The molecule has 1 amide bonds. The molecule has 1 aromatic heterocycles. The number of aromatic nitrogens is 1. The first-order valence-corrected chi connectivity index (χ1v) is 6.58. The van der Waals surface area contributed by atoms with Gasteiger partial charge in [-0.2, -0.15) is 0 Å². The Morgan fingerprint density at radius 2 is 2.14 bits per heavy atom. The number of anilines is 1. The van der Waals surface area contributed by atoms with Crippen LogP contribution in [-0.4, -0.2) is 10.9 Å². The van der Waals surface area contributed by atoms with Crippen molar-refractivity contribution in [1.82, 2.24) is 10.3 Å². The van der Waals surface area contributed by atoms with E-state index in [1.165, 1.54) is 18.3 Å². The Labute approximate surface area is 126 Å². The second-order valence-corrected chi connectivity index (χ2v) is 4.82. The maximum atomic E-state index is 13.6. The molecule has 0 aliphatic carbocycles. The van der Waals surface area contributed by atoms with Crippen LogP contribution in [0.1, 0.15) is 28.9 Å². The minimum atomic E-state index is -0.482. The second kappa shape index (κ2) is 6.51. The zero-order valence-electron chi connectivity index (χ0n) is 11.2. The number of benzene rings is 1. The third-order valence-corrected chi connectivity index (χ3v) is 3.25. The number of rotatable bonds is 4. The van der Waals surface area contributed by atoms with Crippen LogP contribution in [0.15, 0.2) is 36.5 Å². The Morgan fingerprint density at radius 3 is 2.76 bits per heavy atom. The van der Waals surface area contributed by atoms with Crippen LogP contribution in [0.25, 0.3) is 0 Å². The van der Waals surface area contributed by atoms with Gasteiger partial charge in [0.15, 0.2) is 5.82 Å². The highest BCUT2D eigenvalue weighted by Gasteiger charge is 2.15. The number of hydrogen-bond acceptors (Lipinski definition) is 4. The first kappa shape index (κ1) is 15.2. The number of nitrogen functional groups attached to an aromatic ring is 1. The maximum Gasteiger partial charge on any atom is 0.253 e. The van der Waals surface area contributed by atoms with Crippen molar-refractivity contribution >= 4 is 23.3 Å². The van der Waals surface area contributed by atoms with Gasteiger partial charge in [0.2, 0.25) is 0 Å². The van der Waals surface area contributed by atoms with Crippen molar-refractivity contribution in [2.24, 2.45) is 5.84 Å². The number of hydrogen-bond donors (Lipinski definition) is 3. The summed E-state index contributed by atoms with van der Waals surface area (Å²) in [5, 5.41) is 2.91. The summed E-state index contributed by atoms with van der Waals surface area (Å²) in [7, 11) is 0. The summed E-state index contributed by atoms with van der Waals surface area (Å²) in [6, 6.07) is 7.22. The average Bonchev–Trinajstić information content (AvgIpc) is 2.47. The van der Waals surface area contributed by atoms with Gasteiger partial charge in [-0.1, -0.05) is 29.8 Å². The first-order valence-electron chi connectivity index (χ1n) is 6.20. The van der Waals surface area contributed by atoms with Gasteiger partial charge < -0.3 is 10.7 Å². The van der Waals surface area contributed by atoms with Crippen LogP contribution in [0.4, 0.5) is 10.2 Å². The molecule has 1 unspecified atom stereocenters. The van der Waals surface area contributed by atoms with Crippen LogP contribution < -0.4 is 16.6 Å². The quantitative estimate of drug-likeness (QED) is 0.599. The van der Waals surface area contributed by atoms with Gasteiger partial charge in [0, 0.05) is 11.8 Å². The van der Waals surface area contributed by atoms with Gasteiger partial charge in [-0.25, -0.2) is 15.2 Å². The number of carbonyl (C=O) groups excluding carboxylic acids is 1. The molecule has 0 radical (unpaired) electrons. The van der Waals surface area contributed by atoms with Crippen molar-refractivity contribution in [3.63, 3.8) is 0 Å². The van der Waals surface area contributed by atoms with Gasteiger partial charge in [-0.3, -0.25) is 4.79 Å². The fourth-order valence-corrected chi connectivity index (χ4v) is 2.07. The molecular weight excluding hydrogens is 295 g/mol. The molecule has 0 saturated carbocycles. The van der Waals surface area contributed by atoms with Gasteiger partial charge in [0.05, 0.1) is 16.6 Å². The number of nitrogens with zero attached hydrogens (tertiary/aromatic N) is 1. The SMILES string of the molecule is CC(NC(=O)c1cnc(NN)c(Cl)c1)c1ccccc1F. The fourth-order valence-electron chi connectivity index (χ4n) is 1.85. The minimum Gasteiger partial charge on any atom is -0.345 e. The molecule has 0 aliphatic heterocycles. The smallest absolute Gasteiger partial charge is 0.253 e. The van der Waals surface area contributed by atoms with E-state index in [1.807, 2.05) is 0 Å². The van der Waals surface area contributed by atoms with Crippen LogP contribution in [0.5, 0.6) is 0 Å². The second-order valence-electron chi connectivity index (χ2n) is 4.42. The molecule has 1 heterocycles. The molecule has 4 N–H and O–H groups in total. The zero-order valence-corrected chi connectivity index (χ0v) is 12.0. The van der Waals surface area contributed by atoms with E-state index >= 15 is 0 Å². The molecule has 2 rings (SSSR count). The summed E-state index contributed by atoms with van der Waals surface area (Å²) >= 11 is 5.91. The van der Waals surface area contributed by atoms with E-state index in [0.29, 0.717) is 5.56 Å². The van der Waals surface area contributed by atoms with E-state index in [1.54, 1.807) is 25.1 Å². The monoisotopic (exact) mass is 308 g/mol. The van der Waals surface area contributed by atoms with E-state index in [-0.39, 0.29) is 22.2 Å². The van der Waals surface area contributed by atoms with Crippen LogP contribution in [-0.2, 0) is 0 Å². The highest BCUT2D eigenvalue weighted by molar-refractivity contribution is 6.33. The lowest BCUT2D eigenvalue weighted by Gasteiger charge is -2.15. The molecule has 1 aromatic carbocycles. The van der Waals surface area contributed by atoms with Gasteiger partial charge in [-0.15, -0.1) is 0 Å². The van der Waals surface area contributed by atoms with E-state index in [2.05, 4.69) is 15.7 Å². The Hall–Kier alpha value is -2.18. The lowest BCUT2D eigenvalue weighted by atomic mass is 10.1. The number of pyridine rings is 1. The van der Waals surface area contributed by atoms with Crippen LogP contribution >= 0.6 is 11.6 Å². The highest BCUT2D eigenvalue weighted by Crippen LogP contribution is 2.20. The first-order chi connectivity index (χ1) is 10.0. The summed E-state index contributed by atoms with van der Waals surface area (Å²) in [6.45, 7) is 1.70. The molecule has 7 heteroatoms. The summed E-state index contributed by atoms with van der Waals surface area (Å²) in [5.74, 6) is 4.71. The minimum absolute atomic E-state index is 0.226. The third kappa shape index (κ3) is 3.48. The summed E-state index contributed by atoms with van der Waals surface area (Å²) < 4.78 is 13.6. The standard InChI is InChI=1S/C14H14ClFN4O/c1-8(10-4-2-3-5-12(10)16)19-14(21)9-6-11(15)13(20-17)18-7-9/h2-8H,17H2,1H3,(H,18,20)(H,19,21). The lowest BCUT2D eigenvalue weighted by Crippen LogP contribution is -2.27. The van der Waals surface area contributed by atoms with Crippen molar-refractivity contribution in [2.75, 3.05) is 5.43 Å². The van der Waals surface area contributed by atoms with E-state index in [0.717, 1.165) is 0 Å². The summed E-state index contributed by atoms with van der Waals surface area (Å²) in [4.78, 5) is 16.0. The lowest BCUT2D eigenvalue weighted by molar-refractivity contribution is 0.0939. The molecule has 110 valence electrons. The van der Waals surface area contributed by atoms with Crippen molar-refractivity contribution in [3.8, 4) is 0 Å². The number of hydrazine groups is 1. The third-order valence-electron chi connectivity index (χ3n) is 2.96. The molecule has 1 atom stereocenters. The normalized spacial score (nSPS) is 11.8. The molecule has 0 aliphatic rings. The van der Waals surface area contributed by atoms with E-state index in [4.69, 9.17) is 17.4 Å². The maximum absolute atomic E-state index is 13.6. The molecule has 0 bridgehead atoms. The van der Waals surface area contributed by atoms with Crippen LogP contribution in [0.3, 0.4) is 0 Å². The summed E-state index contributed by atoms with van der Waals surface area (Å²) in [6.07, 6.45) is 1.34. The van der Waals surface area contributed by atoms with Crippen molar-refractivity contribution < 1.29 is 9.18 Å². The number of nitrogens with one attached hydrogen (secondary N) is 2. The van der Waals surface area contributed by atoms with Crippen LogP contribution in [0.2, 0.25) is 5.02 Å². The molecular formula is C14H14ClFN4O. The van der Waals surface area contributed by atoms with Crippen molar-refractivity contribution in [3.05, 3.63) is 58.5 Å². The highest BCUT2D eigenvalue weighted by atomic mass is 35.5. The number of carbonyl (C=O) groups is 1. The summed E-state index contributed by atoms with van der Waals surface area (Å²) in [5.41, 5.74) is 2.98. The molecule has 5 nitrogen and oxygen atoms in total. The molecule has 2 aromatic rings. The van der Waals surface area contributed by atoms with Crippen LogP contribution in [0, 0.1) is 5.82 Å². The van der Waals surface area contributed by atoms with Gasteiger partial charge in [0.25, 0.3) is 5.91 Å². The Morgan fingerprint density at radius 1 is 1.43 bits per heavy atom. The molecule has 0 spiro atoms. The number of nitrogens with two attached hydrogens (primary N) is 1. The van der Waals surface area contributed by atoms with Crippen molar-refractivity contribution in [2.45, 2.75) is 13.0 Å². The Balaban J connectivity index is 2.14. The average molecular weight is 309 g/mol. The fraction of sp³-hybridized carbons (Fsp3) is 0.143. The van der Waals surface area contributed by atoms with E-state index in [9.17, 15) is 9.18 Å². The van der Waals surface area contributed by atoms with Gasteiger partial charge in [-0.05, 0) is 19.1 Å². The Kier molecular flexibility index (Phi) is 4.72. The van der Waals surface area contributed by atoms with Gasteiger partial charge in [0.1, 0.15) is 5.82 Å². The number of halogens is 2. The predicted molar refractivity (Wildman–Crippen MR) is 79.3 cm³/mol. The molecule has 21 heavy (non-hydrogen) atoms. The Bertz CT molecular complexity index is 665. The zero-order chi connectivity index (χ0) is 15.4. The van der Waals surface area contributed by atoms with Crippen molar-refractivity contribution in [1.29, 1.82) is 0 Å². The largest absolute Gasteiger partial charge is 0.345 e.